The van der Waals surface area contributed by atoms with Crippen molar-refractivity contribution in [3.8, 4) is 0 Å². The van der Waals surface area contributed by atoms with Crippen LogP contribution in [0.4, 0.5) is 4.79 Å². The molecule has 3 N–H and O–H groups in total. The monoisotopic (exact) mass is 244 g/mol. The molecule has 0 saturated carbocycles. The van der Waals surface area contributed by atoms with Gasteiger partial charge in [0, 0.05) is 32.2 Å². The molecule has 1 saturated heterocycles. The molecule has 1 aliphatic heterocycles. The number of nitrogens with two attached hydrogens (primary N) is 1. The van der Waals surface area contributed by atoms with Crippen molar-refractivity contribution in [1.29, 1.82) is 0 Å². The zero-order valence-corrected chi connectivity index (χ0v) is 10.8. The highest BCUT2D eigenvalue weighted by Crippen LogP contribution is 1.98. The lowest BCUT2D eigenvalue weighted by Crippen LogP contribution is -2.51. The maximum atomic E-state index is 11.6. The van der Waals surface area contributed by atoms with E-state index >= 15 is 0 Å². The van der Waals surface area contributed by atoms with E-state index in [0.717, 1.165) is 39.3 Å². The van der Waals surface area contributed by atoms with Gasteiger partial charge in [-0.05, 0) is 13.3 Å². The van der Waals surface area contributed by atoms with Crippen molar-refractivity contribution in [2.24, 2.45) is 5.84 Å². The number of amides is 2. The summed E-state index contributed by atoms with van der Waals surface area (Å²) in [5.41, 5.74) is 0. The summed E-state index contributed by atoms with van der Waals surface area (Å²) in [6.07, 6.45) is 0.855. The summed E-state index contributed by atoms with van der Waals surface area (Å²) in [7, 11) is 0. The lowest BCUT2D eigenvalue weighted by Gasteiger charge is -2.27. The maximum absolute atomic E-state index is 11.6. The Labute approximate surface area is 103 Å². The molecule has 6 nitrogen and oxygen atoms in total. The van der Waals surface area contributed by atoms with Crippen molar-refractivity contribution < 1.29 is 9.53 Å². The van der Waals surface area contributed by atoms with Crippen LogP contribution in [0.25, 0.3) is 0 Å². The number of carbonyl (C=O) groups is 1. The van der Waals surface area contributed by atoms with Crippen LogP contribution in [0.5, 0.6) is 0 Å². The number of hydrazine groups is 1. The fourth-order valence-electron chi connectivity index (χ4n) is 1.63. The summed E-state index contributed by atoms with van der Waals surface area (Å²) >= 11 is 0. The number of ether oxygens (including phenoxy) is 1. The predicted molar refractivity (Wildman–Crippen MR) is 66.4 cm³/mol. The number of urea groups is 1. The average molecular weight is 244 g/mol. The Bertz CT molecular complexity index is 232. The van der Waals surface area contributed by atoms with Crippen molar-refractivity contribution in [2.45, 2.75) is 26.3 Å². The van der Waals surface area contributed by atoms with E-state index in [1.807, 2.05) is 13.8 Å². The second-order valence-electron chi connectivity index (χ2n) is 4.35. The Morgan fingerprint density at radius 3 is 2.76 bits per heavy atom. The molecule has 0 radical (unpaired) electrons. The summed E-state index contributed by atoms with van der Waals surface area (Å²) in [6, 6.07) is -0.133. The largest absolute Gasteiger partial charge is 0.379 e. The summed E-state index contributed by atoms with van der Waals surface area (Å²) in [5.74, 6) is 5.68. The number of hydrogen-bond acceptors (Lipinski definition) is 4. The maximum Gasteiger partial charge on any atom is 0.331 e. The molecular weight excluding hydrogens is 220 g/mol. The molecule has 0 aromatic carbocycles. The van der Waals surface area contributed by atoms with Gasteiger partial charge in [0.05, 0.1) is 13.2 Å². The quantitative estimate of drug-likeness (QED) is 0.406. The van der Waals surface area contributed by atoms with Gasteiger partial charge in [0.1, 0.15) is 0 Å². The number of nitrogens with one attached hydrogen (secondary N) is 1. The van der Waals surface area contributed by atoms with E-state index in [4.69, 9.17) is 10.6 Å². The molecule has 0 aromatic heterocycles. The van der Waals surface area contributed by atoms with Gasteiger partial charge in [-0.2, -0.15) is 0 Å². The fraction of sp³-hybridized carbons (Fsp3) is 0.909. The number of nitrogens with zero attached hydrogens (tertiary/aromatic N) is 2. The van der Waals surface area contributed by atoms with Crippen LogP contribution in [-0.2, 0) is 4.74 Å². The third kappa shape index (κ3) is 4.89. The van der Waals surface area contributed by atoms with E-state index < -0.39 is 0 Å². The number of hydrogen-bond donors (Lipinski definition) is 2. The summed E-state index contributed by atoms with van der Waals surface area (Å²) in [5, 5.41) is 4.09. The minimum atomic E-state index is -0.201. The van der Waals surface area contributed by atoms with Gasteiger partial charge < -0.3 is 10.1 Å². The lowest BCUT2D eigenvalue weighted by molar-refractivity contribution is 0.0385. The third-order valence-electron chi connectivity index (χ3n) is 3.11. The van der Waals surface area contributed by atoms with Crippen LogP contribution in [0.15, 0.2) is 0 Å². The Hall–Kier alpha value is -0.850. The highest BCUT2D eigenvalue weighted by molar-refractivity contribution is 5.73. The van der Waals surface area contributed by atoms with Gasteiger partial charge in [-0.3, -0.25) is 9.91 Å². The first-order valence-electron chi connectivity index (χ1n) is 6.27. The smallest absolute Gasteiger partial charge is 0.331 e. The van der Waals surface area contributed by atoms with Crippen molar-refractivity contribution in [2.75, 3.05) is 39.4 Å². The number of carbonyl (C=O) groups excluding carboxylic acids is 1. The number of rotatable bonds is 5. The minimum Gasteiger partial charge on any atom is -0.379 e. The Morgan fingerprint density at radius 2 is 2.18 bits per heavy atom. The standard InChI is InChI=1S/C11H24N4O2/c1-3-10(2)15(12)11(16)13-4-5-14-6-8-17-9-7-14/h10H,3-9,12H2,1-2H3,(H,13,16). The normalized spacial score (nSPS) is 18.8. The van der Waals surface area contributed by atoms with Crippen LogP contribution in [0.1, 0.15) is 20.3 Å². The molecule has 2 amide bonds. The summed E-state index contributed by atoms with van der Waals surface area (Å²) in [4.78, 5) is 13.9. The molecule has 1 heterocycles. The third-order valence-corrected chi connectivity index (χ3v) is 3.11. The molecule has 0 aromatic rings. The van der Waals surface area contributed by atoms with E-state index in [1.165, 1.54) is 5.01 Å². The fourth-order valence-corrected chi connectivity index (χ4v) is 1.63. The first-order chi connectivity index (χ1) is 8.15. The van der Waals surface area contributed by atoms with Crippen molar-refractivity contribution >= 4 is 6.03 Å². The topological polar surface area (TPSA) is 70.8 Å². The zero-order valence-electron chi connectivity index (χ0n) is 10.8. The molecule has 0 aliphatic carbocycles. The minimum absolute atomic E-state index is 0.0680. The van der Waals surface area contributed by atoms with E-state index in [0.29, 0.717) is 6.54 Å². The van der Waals surface area contributed by atoms with Crippen LogP contribution in [-0.4, -0.2) is 61.4 Å². The van der Waals surface area contributed by atoms with Gasteiger partial charge in [-0.15, -0.1) is 0 Å². The molecule has 6 heteroatoms. The van der Waals surface area contributed by atoms with E-state index in [2.05, 4.69) is 10.2 Å². The SMILES string of the molecule is CCC(C)N(N)C(=O)NCCN1CCOCC1. The molecule has 17 heavy (non-hydrogen) atoms. The summed E-state index contributed by atoms with van der Waals surface area (Å²) < 4.78 is 5.25. The van der Waals surface area contributed by atoms with Gasteiger partial charge in [-0.25, -0.2) is 10.6 Å². The highest BCUT2D eigenvalue weighted by Gasteiger charge is 2.15. The summed E-state index contributed by atoms with van der Waals surface area (Å²) in [6.45, 7) is 8.86. The highest BCUT2D eigenvalue weighted by atomic mass is 16.5. The van der Waals surface area contributed by atoms with Crippen molar-refractivity contribution in [1.82, 2.24) is 15.2 Å². The van der Waals surface area contributed by atoms with Crippen LogP contribution >= 0.6 is 0 Å². The van der Waals surface area contributed by atoms with E-state index in [1.54, 1.807) is 0 Å². The molecule has 0 spiro atoms. The van der Waals surface area contributed by atoms with E-state index in [-0.39, 0.29) is 12.1 Å². The Morgan fingerprint density at radius 1 is 1.53 bits per heavy atom. The van der Waals surface area contributed by atoms with Crippen LogP contribution in [0, 0.1) is 0 Å². The second-order valence-corrected chi connectivity index (χ2v) is 4.35. The van der Waals surface area contributed by atoms with Gasteiger partial charge in [0.2, 0.25) is 0 Å². The van der Waals surface area contributed by atoms with E-state index in [9.17, 15) is 4.79 Å². The zero-order chi connectivity index (χ0) is 12.7. The van der Waals surface area contributed by atoms with Crippen LogP contribution in [0.2, 0.25) is 0 Å². The molecule has 100 valence electrons. The van der Waals surface area contributed by atoms with Crippen molar-refractivity contribution in [3.63, 3.8) is 0 Å². The average Bonchev–Trinajstić information content (AvgIpc) is 2.38. The van der Waals surface area contributed by atoms with Crippen molar-refractivity contribution in [3.05, 3.63) is 0 Å². The molecular formula is C11H24N4O2. The van der Waals surface area contributed by atoms with Gasteiger partial charge >= 0.3 is 6.03 Å². The molecule has 1 unspecified atom stereocenters. The van der Waals surface area contributed by atoms with Crippen LogP contribution in [0.3, 0.4) is 0 Å². The first kappa shape index (κ1) is 14.2. The van der Waals surface area contributed by atoms with Crippen LogP contribution < -0.4 is 11.2 Å². The van der Waals surface area contributed by atoms with Gasteiger partial charge in [-0.1, -0.05) is 6.92 Å². The first-order valence-corrected chi connectivity index (χ1v) is 6.27. The molecule has 0 bridgehead atoms. The molecule has 1 rings (SSSR count). The number of morpholine rings is 1. The molecule has 1 aliphatic rings. The molecule has 1 fully saturated rings. The predicted octanol–water partition coefficient (Wildman–Crippen LogP) is 0.00240. The second kappa shape index (κ2) is 7.47. The molecule has 1 atom stereocenters. The van der Waals surface area contributed by atoms with Gasteiger partial charge in [0.15, 0.2) is 0 Å². The van der Waals surface area contributed by atoms with Gasteiger partial charge in [0.25, 0.3) is 0 Å². The lowest BCUT2D eigenvalue weighted by atomic mass is 10.2. The Balaban J connectivity index is 2.14. The Kier molecular flexibility index (Phi) is 6.25.